The van der Waals surface area contributed by atoms with Gasteiger partial charge in [0.15, 0.2) is 0 Å². The highest BCUT2D eigenvalue weighted by Crippen LogP contribution is 2.35. The summed E-state index contributed by atoms with van der Waals surface area (Å²) in [6.07, 6.45) is 1.09. The molecule has 2 saturated heterocycles. The Kier molecular flexibility index (Phi) is 7.73. The molecule has 2 aromatic rings. The van der Waals surface area contributed by atoms with E-state index in [4.69, 9.17) is 16.3 Å². The van der Waals surface area contributed by atoms with E-state index in [-0.39, 0.29) is 24.2 Å². The fourth-order valence-electron chi connectivity index (χ4n) is 4.52. The number of piperazine rings is 1. The van der Waals surface area contributed by atoms with E-state index in [2.05, 4.69) is 39.4 Å². The number of halogens is 1. The normalized spacial score (nSPS) is 19.1. The van der Waals surface area contributed by atoms with Crippen molar-refractivity contribution in [2.45, 2.75) is 12.8 Å². The number of anilines is 2. The van der Waals surface area contributed by atoms with Gasteiger partial charge in [-0.05, 0) is 43.3 Å². The highest BCUT2D eigenvalue weighted by atomic mass is 35.5. The molecular formula is C25H31ClN4O3. The molecule has 176 valence electrons. The quantitative estimate of drug-likeness (QED) is 0.601. The second-order valence-electron chi connectivity index (χ2n) is 8.53. The molecule has 1 N–H and O–H groups in total. The average molecular weight is 471 g/mol. The summed E-state index contributed by atoms with van der Waals surface area (Å²) in [6.45, 7) is 5.99. The van der Waals surface area contributed by atoms with Gasteiger partial charge < -0.3 is 19.9 Å². The number of carbonyl (C=O) groups excluding carboxylic acids is 2. The largest absolute Gasteiger partial charge is 0.495 e. The molecule has 2 heterocycles. The number of hydrogen-bond donors (Lipinski definition) is 1. The van der Waals surface area contributed by atoms with Crippen molar-refractivity contribution in [1.82, 2.24) is 10.2 Å². The Morgan fingerprint density at radius 1 is 1.12 bits per heavy atom. The van der Waals surface area contributed by atoms with Crippen molar-refractivity contribution in [3.05, 3.63) is 53.6 Å². The molecule has 2 aromatic carbocycles. The van der Waals surface area contributed by atoms with Gasteiger partial charge in [-0.1, -0.05) is 29.8 Å². The second kappa shape index (κ2) is 10.9. The van der Waals surface area contributed by atoms with Crippen LogP contribution in [0.2, 0.25) is 5.02 Å². The Balaban J connectivity index is 1.19. The summed E-state index contributed by atoms with van der Waals surface area (Å²) < 4.78 is 5.36. The lowest BCUT2D eigenvalue weighted by Gasteiger charge is -2.36. The highest BCUT2D eigenvalue weighted by Gasteiger charge is 2.36. The van der Waals surface area contributed by atoms with E-state index < -0.39 is 0 Å². The first-order valence-corrected chi connectivity index (χ1v) is 11.9. The Morgan fingerprint density at radius 3 is 2.61 bits per heavy atom. The van der Waals surface area contributed by atoms with Crippen molar-refractivity contribution in [2.24, 2.45) is 5.92 Å². The first-order valence-electron chi connectivity index (χ1n) is 11.5. The zero-order valence-corrected chi connectivity index (χ0v) is 19.8. The Hall–Kier alpha value is -2.77. The van der Waals surface area contributed by atoms with Crippen LogP contribution >= 0.6 is 11.6 Å². The Morgan fingerprint density at radius 2 is 1.88 bits per heavy atom. The summed E-state index contributed by atoms with van der Waals surface area (Å²) in [5, 5.41) is 3.54. The SMILES string of the molecule is COc1ccc(Cl)cc1N1CC(C(=O)NCCCN2CCN(c3ccccc3)CC2)CC1=O. The summed E-state index contributed by atoms with van der Waals surface area (Å²) in [5.41, 5.74) is 1.89. The van der Waals surface area contributed by atoms with Crippen LogP contribution in [0, 0.1) is 5.92 Å². The van der Waals surface area contributed by atoms with Crippen LogP contribution in [0.3, 0.4) is 0 Å². The highest BCUT2D eigenvalue weighted by molar-refractivity contribution is 6.31. The summed E-state index contributed by atoms with van der Waals surface area (Å²) in [7, 11) is 1.55. The van der Waals surface area contributed by atoms with Crippen molar-refractivity contribution in [3.63, 3.8) is 0 Å². The molecule has 8 heteroatoms. The average Bonchev–Trinajstić information content (AvgIpc) is 3.24. The lowest BCUT2D eigenvalue weighted by atomic mass is 10.1. The third-order valence-electron chi connectivity index (χ3n) is 6.37. The summed E-state index contributed by atoms with van der Waals surface area (Å²) in [4.78, 5) is 31.7. The molecule has 0 aliphatic carbocycles. The lowest BCUT2D eigenvalue weighted by molar-refractivity contribution is -0.126. The minimum atomic E-state index is -0.365. The lowest BCUT2D eigenvalue weighted by Crippen LogP contribution is -2.47. The zero-order chi connectivity index (χ0) is 23.2. The van der Waals surface area contributed by atoms with Crippen LogP contribution in [0.4, 0.5) is 11.4 Å². The van der Waals surface area contributed by atoms with Gasteiger partial charge in [-0.15, -0.1) is 0 Å². The first-order chi connectivity index (χ1) is 16.0. The number of hydrogen-bond acceptors (Lipinski definition) is 5. The van der Waals surface area contributed by atoms with Crippen molar-refractivity contribution in [3.8, 4) is 5.75 Å². The van der Waals surface area contributed by atoms with Gasteiger partial charge in [-0.25, -0.2) is 0 Å². The molecule has 7 nitrogen and oxygen atoms in total. The molecule has 2 fully saturated rings. The number of para-hydroxylation sites is 1. The Bertz CT molecular complexity index is 963. The van der Waals surface area contributed by atoms with Gasteiger partial charge in [0, 0.05) is 56.4 Å². The molecule has 1 unspecified atom stereocenters. The van der Waals surface area contributed by atoms with E-state index >= 15 is 0 Å². The fourth-order valence-corrected chi connectivity index (χ4v) is 4.68. The van der Waals surface area contributed by atoms with Crippen LogP contribution in [0.25, 0.3) is 0 Å². The molecule has 0 saturated carbocycles. The number of nitrogens with zero attached hydrogens (tertiary/aromatic N) is 3. The number of nitrogens with one attached hydrogen (secondary N) is 1. The van der Waals surface area contributed by atoms with Gasteiger partial charge in [0.2, 0.25) is 11.8 Å². The minimum Gasteiger partial charge on any atom is -0.495 e. The molecule has 2 aliphatic rings. The molecule has 0 bridgehead atoms. The maximum Gasteiger partial charge on any atom is 0.227 e. The fraction of sp³-hybridized carbons (Fsp3) is 0.440. The third-order valence-corrected chi connectivity index (χ3v) is 6.61. The zero-order valence-electron chi connectivity index (χ0n) is 19.0. The number of benzene rings is 2. The summed E-state index contributed by atoms with van der Waals surface area (Å²) in [6, 6.07) is 15.7. The van der Waals surface area contributed by atoms with E-state index in [1.165, 1.54) is 5.69 Å². The van der Waals surface area contributed by atoms with Gasteiger partial charge in [-0.3, -0.25) is 14.5 Å². The van der Waals surface area contributed by atoms with Crippen LogP contribution in [0.1, 0.15) is 12.8 Å². The predicted molar refractivity (Wildman–Crippen MR) is 131 cm³/mol. The van der Waals surface area contributed by atoms with Gasteiger partial charge in [0.25, 0.3) is 0 Å². The molecule has 1 atom stereocenters. The number of ether oxygens (including phenoxy) is 1. The monoisotopic (exact) mass is 470 g/mol. The molecule has 0 aromatic heterocycles. The second-order valence-corrected chi connectivity index (χ2v) is 8.97. The summed E-state index contributed by atoms with van der Waals surface area (Å²) >= 11 is 6.11. The summed E-state index contributed by atoms with van der Waals surface area (Å²) in [5.74, 6) is 0.0459. The van der Waals surface area contributed by atoms with E-state index in [0.717, 1.165) is 39.1 Å². The van der Waals surface area contributed by atoms with Crippen LogP contribution in [-0.2, 0) is 9.59 Å². The molecule has 33 heavy (non-hydrogen) atoms. The van der Waals surface area contributed by atoms with Crippen molar-refractivity contribution in [2.75, 3.05) is 62.7 Å². The molecule has 2 aliphatic heterocycles. The maximum atomic E-state index is 12.7. The Labute approximate surface area is 200 Å². The number of amides is 2. The smallest absolute Gasteiger partial charge is 0.227 e. The van der Waals surface area contributed by atoms with Gasteiger partial charge in [-0.2, -0.15) is 0 Å². The number of carbonyl (C=O) groups is 2. The van der Waals surface area contributed by atoms with Crippen LogP contribution in [0.15, 0.2) is 48.5 Å². The van der Waals surface area contributed by atoms with E-state index in [1.807, 2.05) is 6.07 Å². The van der Waals surface area contributed by atoms with Gasteiger partial charge in [0.1, 0.15) is 5.75 Å². The van der Waals surface area contributed by atoms with Crippen LogP contribution < -0.4 is 19.9 Å². The molecule has 4 rings (SSSR count). The molecule has 0 radical (unpaired) electrons. The first kappa shape index (κ1) is 23.4. The van der Waals surface area contributed by atoms with E-state index in [1.54, 1.807) is 30.2 Å². The standard InChI is InChI=1S/C25H31ClN4O3/c1-33-23-9-8-20(26)17-22(23)30-18-19(16-24(30)31)25(32)27-10-5-11-28-12-14-29(15-13-28)21-6-3-2-4-7-21/h2-4,6-9,17,19H,5,10-16,18H2,1H3,(H,27,32). The molecular weight excluding hydrogens is 440 g/mol. The predicted octanol–water partition coefficient (Wildman–Crippen LogP) is 3.03. The third kappa shape index (κ3) is 5.78. The van der Waals surface area contributed by atoms with Crippen molar-refractivity contribution < 1.29 is 14.3 Å². The number of methoxy groups -OCH3 is 1. The van der Waals surface area contributed by atoms with E-state index in [0.29, 0.717) is 29.5 Å². The topological polar surface area (TPSA) is 65.1 Å². The maximum absolute atomic E-state index is 12.7. The van der Waals surface area contributed by atoms with Gasteiger partial charge >= 0.3 is 0 Å². The van der Waals surface area contributed by atoms with Gasteiger partial charge in [0.05, 0.1) is 18.7 Å². The van der Waals surface area contributed by atoms with Crippen molar-refractivity contribution in [1.29, 1.82) is 0 Å². The minimum absolute atomic E-state index is 0.0688. The van der Waals surface area contributed by atoms with Crippen molar-refractivity contribution >= 4 is 34.8 Å². The number of rotatable bonds is 8. The van der Waals surface area contributed by atoms with E-state index in [9.17, 15) is 9.59 Å². The molecule has 0 spiro atoms. The van der Waals surface area contributed by atoms with Crippen LogP contribution in [-0.4, -0.2) is 69.6 Å². The van der Waals surface area contributed by atoms with Crippen LogP contribution in [0.5, 0.6) is 5.75 Å². The molecule has 2 amide bonds.